The van der Waals surface area contributed by atoms with E-state index in [1.54, 1.807) is 23.9 Å². The highest BCUT2D eigenvalue weighted by atomic mass is 16.5. The van der Waals surface area contributed by atoms with Crippen LogP contribution in [0.3, 0.4) is 0 Å². The number of rotatable bonds is 3. The maximum atomic E-state index is 12.8. The third kappa shape index (κ3) is 4.76. The minimum atomic E-state index is -0.0995. The third-order valence-corrected chi connectivity index (χ3v) is 5.48. The van der Waals surface area contributed by atoms with Crippen molar-refractivity contribution in [3.05, 3.63) is 24.3 Å². The zero-order chi connectivity index (χ0) is 20.3. The van der Waals surface area contributed by atoms with Crippen LogP contribution in [-0.4, -0.2) is 74.2 Å². The van der Waals surface area contributed by atoms with E-state index < -0.39 is 0 Å². The maximum Gasteiger partial charge on any atom is 0.321 e. The Morgan fingerprint density at radius 2 is 1.68 bits per heavy atom. The van der Waals surface area contributed by atoms with Gasteiger partial charge in [-0.1, -0.05) is 12.1 Å². The van der Waals surface area contributed by atoms with Gasteiger partial charge in [0, 0.05) is 46.2 Å². The van der Waals surface area contributed by atoms with Gasteiger partial charge in [-0.2, -0.15) is 0 Å². The first kappa shape index (κ1) is 20.5. The summed E-state index contributed by atoms with van der Waals surface area (Å²) >= 11 is 0. The number of hydrogen-bond donors (Lipinski definition) is 1. The number of para-hydroxylation sites is 2. The first-order chi connectivity index (χ1) is 13.3. The average Bonchev–Trinajstić information content (AvgIpc) is 2.67. The molecule has 0 spiro atoms. The number of carbonyl (C=O) groups excluding carboxylic acids is 2. The molecule has 0 aromatic heterocycles. The molecule has 1 aromatic carbocycles. The van der Waals surface area contributed by atoms with Gasteiger partial charge in [-0.3, -0.25) is 4.79 Å². The number of urea groups is 1. The average molecular weight is 389 g/mol. The van der Waals surface area contributed by atoms with Gasteiger partial charge in [0.1, 0.15) is 0 Å². The van der Waals surface area contributed by atoms with E-state index in [1.807, 2.05) is 24.3 Å². The largest absolute Gasteiger partial charge is 0.372 e. The van der Waals surface area contributed by atoms with Crippen molar-refractivity contribution in [3.63, 3.8) is 0 Å². The number of likely N-dealkylation sites (tertiary alicyclic amines) is 1. The van der Waals surface area contributed by atoms with Gasteiger partial charge in [0.25, 0.3) is 0 Å². The summed E-state index contributed by atoms with van der Waals surface area (Å²) in [6, 6.07) is 7.82. The van der Waals surface area contributed by atoms with Gasteiger partial charge in [-0.25, -0.2) is 4.79 Å². The van der Waals surface area contributed by atoms with Gasteiger partial charge >= 0.3 is 6.03 Å². The number of benzene rings is 1. The lowest BCUT2D eigenvalue weighted by Gasteiger charge is -2.38. The summed E-state index contributed by atoms with van der Waals surface area (Å²) in [6.45, 7) is 6.95. The fourth-order valence-electron chi connectivity index (χ4n) is 4.12. The van der Waals surface area contributed by atoms with Gasteiger partial charge in [0.05, 0.1) is 23.6 Å². The Bertz CT molecular complexity index is 691. The standard InChI is InChI=1S/C21H32N4O3/c1-15-13-25(14-16(2)28-15)19-8-6-5-7-18(19)22-21(27)24-11-9-17(10-12-24)20(26)23(3)4/h5-8,15-17H,9-14H2,1-4H3,(H,22,27). The SMILES string of the molecule is CC1CN(c2ccccc2NC(=O)N2CCC(C(=O)N(C)C)CC2)CC(C)O1. The van der Waals surface area contributed by atoms with Crippen molar-refractivity contribution < 1.29 is 14.3 Å². The first-order valence-electron chi connectivity index (χ1n) is 10.1. The molecule has 7 heteroatoms. The number of anilines is 2. The molecule has 2 aliphatic heterocycles. The van der Waals surface area contributed by atoms with Crippen LogP contribution in [0.1, 0.15) is 26.7 Å². The highest BCUT2D eigenvalue weighted by Crippen LogP contribution is 2.29. The second-order valence-corrected chi connectivity index (χ2v) is 8.10. The Labute approximate surface area is 167 Å². The molecule has 28 heavy (non-hydrogen) atoms. The monoisotopic (exact) mass is 388 g/mol. The summed E-state index contributed by atoms with van der Waals surface area (Å²) in [7, 11) is 3.57. The smallest absolute Gasteiger partial charge is 0.321 e. The topological polar surface area (TPSA) is 65.1 Å². The zero-order valence-corrected chi connectivity index (χ0v) is 17.4. The Morgan fingerprint density at radius 3 is 2.29 bits per heavy atom. The summed E-state index contributed by atoms with van der Waals surface area (Å²) in [5, 5.41) is 3.08. The summed E-state index contributed by atoms with van der Waals surface area (Å²) in [5.74, 6) is 0.170. The molecule has 2 saturated heterocycles. The van der Waals surface area contributed by atoms with Crippen LogP contribution in [0.4, 0.5) is 16.2 Å². The van der Waals surface area contributed by atoms with Crippen molar-refractivity contribution in [2.75, 3.05) is 50.5 Å². The highest BCUT2D eigenvalue weighted by molar-refractivity contribution is 5.93. The molecule has 1 N–H and O–H groups in total. The molecule has 0 radical (unpaired) electrons. The van der Waals surface area contributed by atoms with E-state index in [-0.39, 0.29) is 30.1 Å². The van der Waals surface area contributed by atoms with Crippen molar-refractivity contribution >= 4 is 23.3 Å². The Hall–Kier alpha value is -2.28. The molecular formula is C21H32N4O3. The van der Waals surface area contributed by atoms with Crippen LogP contribution < -0.4 is 10.2 Å². The minimum Gasteiger partial charge on any atom is -0.372 e. The predicted molar refractivity (Wildman–Crippen MR) is 111 cm³/mol. The molecule has 2 aliphatic rings. The van der Waals surface area contributed by atoms with Crippen LogP contribution in [0.15, 0.2) is 24.3 Å². The molecule has 3 amide bonds. The van der Waals surface area contributed by atoms with Gasteiger partial charge in [-0.15, -0.1) is 0 Å². The molecule has 0 saturated carbocycles. The Morgan fingerprint density at radius 1 is 1.07 bits per heavy atom. The van der Waals surface area contributed by atoms with Gasteiger partial charge in [0.2, 0.25) is 5.91 Å². The van der Waals surface area contributed by atoms with Gasteiger partial charge < -0.3 is 24.8 Å². The van der Waals surface area contributed by atoms with Crippen molar-refractivity contribution in [2.45, 2.75) is 38.9 Å². The number of nitrogens with zero attached hydrogens (tertiary/aromatic N) is 3. The number of hydrogen-bond acceptors (Lipinski definition) is 4. The number of carbonyl (C=O) groups is 2. The lowest BCUT2D eigenvalue weighted by Crippen LogP contribution is -2.46. The fraction of sp³-hybridized carbons (Fsp3) is 0.619. The Balaban J connectivity index is 1.63. The zero-order valence-electron chi connectivity index (χ0n) is 17.4. The van der Waals surface area contributed by atoms with Crippen molar-refractivity contribution in [3.8, 4) is 0 Å². The first-order valence-corrected chi connectivity index (χ1v) is 10.1. The number of piperidine rings is 1. The number of morpholine rings is 1. The molecular weight excluding hydrogens is 356 g/mol. The van der Waals surface area contributed by atoms with E-state index in [0.29, 0.717) is 25.9 Å². The molecule has 2 atom stereocenters. The van der Waals surface area contributed by atoms with Crippen LogP contribution in [0.2, 0.25) is 0 Å². The lowest BCUT2D eigenvalue weighted by molar-refractivity contribution is -0.134. The second kappa shape index (κ2) is 8.82. The fourth-order valence-corrected chi connectivity index (χ4v) is 4.12. The lowest BCUT2D eigenvalue weighted by atomic mass is 9.96. The quantitative estimate of drug-likeness (QED) is 0.865. The Kier molecular flexibility index (Phi) is 6.44. The predicted octanol–water partition coefficient (Wildman–Crippen LogP) is 2.63. The van der Waals surface area contributed by atoms with E-state index in [2.05, 4.69) is 24.1 Å². The van der Waals surface area contributed by atoms with Gasteiger partial charge in [-0.05, 0) is 38.8 Å². The number of nitrogens with one attached hydrogen (secondary N) is 1. The summed E-state index contributed by atoms with van der Waals surface area (Å²) in [6.07, 6.45) is 1.73. The molecule has 2 unspecified atom stereocenters. The number of amides is 3. The summed E-state index contributed by atoms with van der Waals surface area (Å²) < 4.78 is 5.83. The highest BCUT2D eigenvalue weighted by Gasteiger charge is 2.29. The molecule has 154 valence electrons. The molecule has 0 aliphatic carbocycles. The third-order valence-electron chi connectivity index (χ3n) is 5.48. The van der Waals surface area contributed by atoms with Crippen LogP contribution in [0, 0.1) is 5.92 Å². The van der Waals surface area contributed by atoms with E-state index in [0.717, 1.165) is 24.5 Å². The van der Waals surface area contributed by atoms with Gasteiger partial charge in [0.15, 0.2) is 0 Å². The molecule has 3 rings (SSSR count). The molecule has 7 nitrogen and oxygen atoms in total. The van der Waals surface area contributed by atoms with E-state index in [4.69, 9.17) is 4.74 Å². The number of ether oxygens (including phenoxy) is 1. The van der Waals surface area contributed by atoms with Crippen LogP contribution in [0.5, 0.6) is 0 Å². The second-order valence-electron chi connectivity index (χ2n) is 8.10. The van der Waals surface area contributed by atoms with Crippen molar-refractivity contribution in [1.82, 2.24) is 9.80 Å². The van der Waals surface area contributed by atoms with E-state index in [1.165, 1.54) is 0 Å². The maximum absolute atomic E-state index is 12.8. The van der Waals surface area contributed by atoms with Crippen LogP contribution >= 0.6 is 0 Å². The normalized spacial score (nSPS) is 23.4. The summed E-state index contributed by atoms with van der Waals surface area (Å²) in [4.78, 5) is 30.7. The van der Waals surface area contributed by atoms with Crippen LogP contribution in [-0.2, 0) is 9.53 Å². The molecule has 0 bridgehead atoms. The summed E-state index contributed by atoms with van der Waals surface area (Å²) in [5.41, 5.74) is 1.84. The molecule has 2 heterocycles. The minimum absolute atomic E-state index is 0.0164. The van der Waals surface area contributed by atoms with Crippen molar-refractivity contribution in [2.24, 2.45) is 5.92 Å². The van der Waals surface area contributed by atoms with Crippen molar-refractivity contribution in [1.29, 1.82) is 0 Å². The van der Waals surface area contributed by atoms with Crippen LogP contribution in [0.25, 0.3) is 0 Å². The van der Waals surface area contributed by atoms with E-state index >= 15 is 0 Å². The molecule has 2 fully saturated rings. The van der Waals surface area contributed by atoms with E-state index in [9.17, 15) is 9.59 Å². The molecule has 1 aromatic rings.